The first kappa shape index (κ1) is 20.2. The van der Waals surface area contributed by atoms with E-state index >= 15 is 0 Å². The van der Waals surface area contributed by atoms with E-state index in [1.54, 1.807) is 0 Å². The molecule has 1 radical (unpaired) electrons. The molecule has 0 amide bonds. The summed E-state index contributed by atoms with van der Waals surface area (Å²) in [7, 11) is -1.79. The molecule has 0 aromatic carbocycles. The maximum Gasteiger partial charge on any atom is 0.697 e. The van der Waals surface area contributed by atoms with Crippen LogP contribution in [0.4, 0.5) is 0 Å². The fourth-order valence-electron chi connectivity index (χ4n) is 1.03. The summed E-state index contributed by atoms with van der Waals surface area (Å²) >= 11 is 0. The molecule has 17 heavy (non-hydrogen) atoms. The van der Waals surface area contributed by atoms with E-state index < -0.39 is 8.25 Å². The van der Waals surface area contributed by atoms with Crippen molar-refractivity contribution in [1.82, 2.24) is 5.32 Å². The fraction of sp³-hybridized carbons (Fsp3) is 1.00. The molecular formula is C9H23N3NaO3P+. The average Bonchev–Trinajstić information content (AvgIpc) is 2.25. The quantitative estimate of drug-likeness (QED) is 0.378. The number of hydrogen-bond acceptors (Lipinski definition) is 6. The van der Waals surface area contributed by atoms with Crippen molar-refractivity contribution >= 4 is 37.8 Å². The molecule has 97 valence electrons. The van der Waals surface area contributed by atoms with E-state index in [2.05, 4.69) is 5.32 Å². The fourth-order valence-corrected chi connectivity index (χ4v) is 1.66. The first-order valence-corrected chi connectivity index (χ1v) is 6.74. The van der Waals surface area contributed by atoms with Crippen molar-refractivity contribution < 1.29 is 13.6 Å². The summed E-state index contributed by atoms with van der Waals surface area (Å²) in [6.45, 7) is 4.29. The molecule has 1 heterocycles. The maximum absolute atomic E-state index is 10.5. The van der Waals surface area contributed by atoms with Crippen LogP contribution in [0, 0.1) is 0 Å². The van der Waals surface area contributed by atoms with Crippen molar-refractivity contribution in [2.45, 2.75) is 19.3 Å². The first-order chi connectivity index (χ1) is 7.81. The van der Waals surface area contributed by atoms with Crippen LogP contribution in [0.2, 0.25) is 0 Å². The number of nitrogens with one attached hydrogen (secondary N) is 1. The minimum atomic E-state index is -1.79. The SMILES string of the molecule is NCCNCCN.O=[P+]1OCCCCCO1.[Na]. The van der Waals surface area contributed by atoms with Crippen LogP contribution in [-0.4, -0.2) is 69.0 Å². The van der Waals surface area contributed by atoms with Crippen LogP contribution in [-0.2, 0) is 13.6 Å². The largest absolute Gasteiger partial charge is 0.697 e. The van der Waals surface area contributed by atoms with Crippen molar-refractivity contribution in [3.05, 3.63) is 0 Å². The predicted molar refractivity (Wildman–Crippen MR) is 70.1 cm³/mol. The van der Waals surface area contributed by atoms with Gasteiger partial charge in [-0.25, -0.2) is 0 Å². The molecular weight excluding hydrogens is 252 g/mol. The van der Waals surface area contributed by atoms with E-state index in [1.807, 2.05) is 0 Å². The summed E-state index contributed by atoms with van der Waals surface area (Å²) in [5, 5.41) is 3.03. The van der Waals surface area contributed by atoms with Gasteiger partial charge in [-0.15, -0.1) is 9.05 Å². The smallest absolute Gasteiger partial charge is 0.329 e. The molecule has 0 aromatic rings. The standard InChI is InChI=1S/C5H10O3P.C4H13N3.Na/c6-9-7-4-2-1-3-5-8-9;5-1-3-7-4-2-6;/h1-5H2;7H,1-6H2;/q+1;;. The molecule has 1 aliphatic rings. The second-order valence-corrected chi connectivity index (χ2v) is 4.24. The molecule has 0 bridgehead atoms. The Morgan fingerprint density at radius 3 is 1.88 bits per heavy atom. The van der Waals surface area contributed by atoms with Gasteiger partial charge >= 0.3 is 8.25 Å². The Labute approximate surface area is 126 Å². The third kappa shape index (κ3) is 16.9. The Morgan fingerprint density at radius 1 is 1.00 bits per heavy atom. The van der Waals surface area contributed by atoms with Gasteiger partial charge in [0.2, 0.25) is 0 Å². The summed E-state index contributed by atoms with van der Waals surface area (Å²) in [5.41, 5.74) is 10.3. The molecule has 1 rings (SSSR count). The normalized spacial score (nSPS) is 16.0. The molecule has 1 aliphatic heterocycles. The van der Waals surface area contributed by atoms with Gasteiger partial charge in [-0.2, -0.15) is 0 Å². The molecule has 6 nitrogen and oxygen atoms in total. The monoisotopic (exact) mass is 275 g/mol. The van der Waals surface area contributed by atoms with Crippen LogP contribution in [0.1, 0.15) is 19.3 Å². The molecule has 1 fully saturated rings. The van der Waals surface area contributed by atoms with Gasteiger partial charge in [0.25, 0.3) is 0 Å². The number of hydrogen-bond donors (Lipinski definition) is 3. The summed E-state index contributed by atoms with van der Waals surface area (Å²) in [6.07, 6.45) is 3.12. The van der Waals surface area contributed by atoms with Gasteiger partial charge in [0.1, 0.15) is 13.2 Å². The summed E-state index contributed by atoms with van der Waals surface area (Å²) < 4.78 is 20.1. The molecule has 0 atom stereocenters. The zero-order chi connectivity index (χ0) is 12.1. The van der Waals surface area contributed by atoms with E-state index in [-0.39, 0.29) is 29.6 Å². The van der Waals surface area contributed by atoms with Gasteiger partial charge in [-0.3, -0.25) is 0 Å². The molecule has 0 spiro atoms. The van der Waals surface area contributed by atoms with Crippen LogP contribution < -0.4 is 16.8 Å². The van der Waals surface area contributed by atoms with Crippen molar-refractivity contribution in [2.75, 3.05) is 39.4 Å². The Balaban J connectivity index is 0. The van der Waals surface area contributed by atoms with Gasteiger partial charge < -0.3 is 16.8 Å². The third-order valence-corrected chi connectivity index (χ3v) is 2.61. The molecule has 5 N–H and O–H groups in total. The Kier molecular flexibility index (Phi) is 20.1. The molecule has 0 aromatic heterocycles. The van der Waals surface area contributed by atoms with Gasteiger partial charge in [0.05, 0.1) is 0 Å². The number of rotatable bonds is 4. The van der Waals surface area contributed by atoms with Crippen LogP contribution in [0.25, 0.3) is 0 Å². The Morgan fingerprint density at radius 2 is 1.47 bits per heavy atom. The minimum Gasteiger partial charge on any atom is -0.329 e. The van der Waals surface area contributed by atoms with E-state index in [0.29, 0.717) is 26.3 Å². The van der Waals surface area contributed by atoms with E-state index in [9.17, 15) is 4.57 Å². The predicted octanol–water partition coefficient (Wildman–Crippen LogP) is -0.0265. The molecule has 1 saturated heterocycles. The minimum absolute atomic E-state index is 0. The van der Waals surface area contributed by atoms with Gasteiger partial charge in [-0.1, -0.05) is 0 Å². The summed E-state index contributed by atoms with van der Waals surface area (Å²) in [4.78, 5) is 0. The number of nitrogens with two attached hydrogens (primary N) is 2. The van der Waals surface area contributed by atoms with Crippen LogP contribution in [0.5, 0.6) is 0 Å². The summed E-state index contributed by atoms with van der Waals surface area (Å²) in [5.74, 6) is 0. The second-order valence-electron chi connectivity index (χ2n) is 3.28. The molecule has 0 aliphatic carbocycles. The maximum atomic E-state index is 10.5. The van der Waals surface area contributed by atoms with Crippen LogP contribution in [0.3, 0.4) is 0 Å². The molecule has 0 saturated carbocycles. The molecule has 0 unspecified atom stereocenters. The van der Waals surface area contributed by atoms with E-state index in [1.165, 1.54) is 0 Å². The van der Waals surface area contributed by atoms with Crippen LogP contribution >= 0.6 is 8.25 Å². The Bertz CT molecular complexity index is 164. The Hall–Kier alpha value is 0.900. The van der Waals surface area contributed by atoms with Crippen molar-refractivity contribution in [3.8, 4) is 0 Å². The van der Waals surface area contributed by atoms with E-state index in [4.69, 9.17) is 20.5 Å². The zero-order valence-electron chi connectivity index (χ0n) is 10.7. The average molecular weight is 275 g/mol. The summed E-state index contributed by atoms with van der Waals surface area (Å²) in [6, 6.07) is 0. The second kappa shape index (κ2) is 16.9. The third-order valence-electron chi connectivity index (χ3n) is 1.82. The first-order valence-electron chi connectivity index (χ1n) is 5.65. The van der Waals surface area contributed by atoms with Gasteiger partial charge in [-0.05, 0) is 19.3 Å². The van der Waals surface area contributed by atoms with Crippen molar-refractivity contribution in [3.63, 3.8) is 0 Å². The van der Waals surface area contributed by atoms with Crippen LogP contribution in [0.15, 0.2) is 0 Å². The zero-order valence-corrected chi connectivity index (χ0v) is 13.6. The van der Waals surface area contributed by atoms with Crippen molar-refractivity contribution in [2.24, 2.45) is 11.5 Å². The van der Waals surface area contributed by atoms with E-state index in [0.717, 1.165) is 32.4 Å². The molecule has 8 heteroatoms. The van der Waals surface area contributed by atoms with Gasteiger partial charge in [0, 0.05) is 60.3 Å². The topological polar surface area (TPSA) is 99.6 Å². The van der Waals surface area contributed by atoms with Crippen molar-refractivity contribution in [1.29, 1.82) is 0 Å². The van der Waals surface area contributed by atoms with Gasteiger partial charge in [0.15, 0.2) is 0 Å².